The Morgan fingerprint density at radius 1 is 1.54 bits per heavy atom. The highest BCUT2D eigenvalue weighted by atomic mass is 35.5. The molecular formula is C9H16ClNO2. The second kappa shape index (κ2) is 3.84. The predicted octanol–water partition coefficient (Wildman–Crippen LogP) is 1.95. The van der Waals surface area contributed by atoms with Crippen LogP contribution in [0.2, 0.25) is 0 Å². The molecule has 1 fully saturated rings. The van der Waals surface area contributed by atoms with Crippen LogP contribution in [0, 0.1) is 0 Å². The minimum atomic E-state index is -0.419. The van der Waals surface area contributed by atoms with Crippen molar-refractivity contribution < 1.29 is 9.53 Å². The average molecular weight is 206 g/mol. The molecule has 0 N–H and O–H groups in total. The van der Waals surface area contributed by atoms with E-state index in [1.807, 2.05) is 20.8 Å². The van der Waals surface area contributed by atoms with Crippen molar-refractivity contribution in [3.8, 4) is 0 Å². The van der Waals surface area contributed by atoms with Gasteiger partial charge in [0, 0.05) is 6.54 Å². The summed E-state index contributed by atoms with van der Waals surface area (Å²) in [4.78, 5) is 11.5. The summed E-state index contributed by atoms with van der Waals surface area (Å²) in [6, 6.07) is -0.249. The molecule has 4 heteroatoms. The Balaban J connectivity index is 2.48. The molecule has 76 valence electrons. The van der Waals surface area contributed by atoms with Crippen molar-refractivity contribution in [2.24, 2.45) is 0 Å². The van der Waals surface area contributed by atoms with Crippen molar-refractivity contribution in [1.82, 2.24) is 4.42 Å². The van der Waals surface area contributed by atoms with Crippen LogP contribution in [0.3, 0.4) is 0 Å². The number of rotatable bonds is 1. The van der Waals surface area contributed by atoms with Crippen molar-refractivity contribution in [2.75, 3.05) is 6.54 Å². The molecule has 1 rings (SSSR count). The van der Waals surface area contributed by atoms with Crippen LogP contribution in [0.25, 0.3) is 0 Å². The summed E-state index contributed by atoms with van der Waals surface area (Å²) in [7, 11) is 0. The number of hydrogen-bond acceptors (Lipinski definition) is 3. The van der Waals surface area contributed by atoms with Crippen molar-refractivity contribution in [3.63, 3.8) is 0 Å². The van der Waals surface area contributed by atoms with E-state index in [9.17, 15) is 4.79 Å². The second-order valence-electron chi connectivity index (χ2n) is 4.31. The Labute approximate surface area is 84.1 Å². The molecule has 3 nitrogen and oxygen atoms in total. The SMILES string of the molecule is CC(C)(C)OC(=O)[C@@H]1CCCN1Cl. The zero-order chi connectivity index (χ0) is 10.1. The minimum absolute atomic E-state index is 0.208. The Kier molecular flexibility index (Phi) is 3.19. The van der Waals surface area contributed by atoms with Crippen LogP contribution in [-0.4, -0.2) is 28.6 Å². The van der Waals surface area contributed by atoms with Crippen molar-refractivity contribution in [2.45, 2.75) is 45.3 Å². The molecule has 0 spiro atoms. The molecule has 0 aromatic heterocycles. The van der Waals surface area contributed by atoms with Gasteiger partial charge in [-0.1, -0.05) is 0 Å². The molecule has 0 aromatic rings. The zero-order valence-electron chi connectivity index (χ0n) is 8.34. The van der Waals surface area contributed by atoms with E-state index in [1.54, 1.807) is 0 Å². The van der Waals surface area contributed by atoms with Crippen molar-refractivity contribution in [1.29, 1.82) is 0 Å². The van der Waals surface area contributed by atoms with E-state index in [0.717, 1.165) is 19.4 Å². The van der Waals surface area contributed by atoms with Gasteiger partial charge in [-0.05, 0) is 45.4 Å². The largest absolute Gasteiger partial charge is 0.459 e. The van der Waals surface area contributed by atoms with Gasteiger partial charge in [-0.2, -0.15) is 0 Å². The topological polar surface area (TPSA) is 29.5 Å². The molecule has 0 aromatic carbocycles. The van der Waals surface area contributed by atoms with Gasteiger partial charge in [0.25, 0.3) is 0 Å². The number of nitrogens with zero attached hydrogens (tertiary/aromatic N) is 1. The molecule has 1 heterocycles. The number of carbonyl (C=O) groups is 1. The monoisotopic (exact) mass is 205 g/mol. The van der Waals surface area contributed by atoms with Crippen LogP contribution >= 0.6 is 11.8 Å². The molecule has 0 amide bonds. The van der Waals surface area contributed by atoms with Crippen LogP contribution in [0.5, 0.6) is 0 Å². The molecule has 0 radical (unpaired) electrons. The quantitative estimate of drug-likeness (QED) is 0.484. The maximum atomic E-state index is 11.5. The van der Waals surface area contributed by atoms with E-state index in [1.165, 1.54) is 4.42 Å². The summed E-state index contributed by atoms with van der Waals surface area (Å²) < 4.78 is 6.76. The molecule has 0 aliphatic carbocycles. The number of halogens is 1. The minimum Gasteiger partial charge on any atom is -0.459 e. The van der Waals surface area contributed by atoms with Crippen LogP contribution in [0.1, 0.15) is 33.6 Å². The first-order valence-corrected chi connectivity index (χ1v) is 4.89. The van der Waals surface area contributed by atoms with Crippen molar-refractivity contribution >= 4 is 17.7 Å². The van der Waals surface area contributed by atoms with Gasteiger partial charge in [0.1, 0.15) is 11.6 Å². The van der Waals surface area contributed by atoms with E-state index in [-0.39, 0.29) is 12.0 Å². The lowest BCUT2D eigenvalue weighted by Gasteiger charge is -2.23. The third-order valence-electron chi connectivity index (χ3n) is 1.87. The lowest BCUT2D eigenvalue weighted by molar-refractivity contribution is -0.158. The molecule has 0 unspecified atom stereocenters. The second-order valence-corrected chi connectivity index (χ2v) is 4.75. The molecule has 0 bridgehead atoms. The third-order valence-corrected chi connectivity index (χ3v) is 2.27. The van der Waals surface area contributed by atoms with Crippen LogP contribution in [-0.2, 0) is 9.53 Å². The third kappa shape index (κ3) is 3.16. The highest BCUT2D eigenvalue weighted by molar-refractivity contribution is 6.15. The Morgan fingerprint density at radius 3 is 2.54 bits per heavy atom. The first-order valence-electron chi connectivity index (χ1n) is 4.55. The highest BCUT2D eigenvalue weighted by Crippen LogP contribution is 2.22. The predicted molar refractivity (Wildman–Crippen MR) is 51.4 cm³/mol. The van der Waals surface area contributed by atoms with Gasteiger partial charge < -0.3 is 4.74 Å². The van der Waals surface area contributed by atoms with Gasteiger partial charge in [-0.15, -0.1) is 0 Å². The van der Waals surface area contributed by atoms with Gasteiger partial charge in [0.2, 0.25) is 0 Å². The van der Waals surface area contributed by atoms with E-state index in [0.29, 0.717) is 0 Å². The van der Waals surface area contributed by atoms with Gasteiger partial charge in [-0.3, -0.25) is 4.79 Å². The highest BCUT2D eigenvalue weighted by Gasteiger charge is 2.33. The first-order chi connectivity index (χ1) is 5.90. The molecule has 1 saturated heterocycles. The summed E-state index contributed by atoms with van der Waals surface area (Å²) in [6.07, 6.45) is 1.77. The lowest BCUT2D eigenvalue weighted by atomic mass is 10.2. The maximum absolute atomic E-state index is 11.5. The first kappa shape index (κ1) is 10.8. The Bertz CT molecular complexity index is 200. The summed E-state index contributed by atoms with van der Waals surface area (Å²) >= 11 is 5.83. The lowest BCUT2D eigenvalue weighted by Crippen LogP contribution is -2.36. The number of hydrogen-bond donors (Lipinski definition) is 0. The van der Waals surface area contributed by atoms with E-state index in [4.69, 9.17) is 16.5 Å². The van der Waals surface area contributed by atoms with E-state index >= 15 is 0 Å². The van der Waals surface area contributed by atoms with Crippen LogP contribution in [0.15, 0.2) is 0 Å². The van der Waals surface area contributed by atoms with Crippen LogP contribution < -0.4 is 0 Å². The normalized spacial score (nSPS) is 24.8. The zero-order valence-corrected chi connectivity index (χ0v) is 9.10. The molecular weight excluding hydrogens is 190 g/mol. The number of carbonyl (C=O) groups excluding carboxylic acids is 1. The fraction of sp³-hybridized carbons (Fsp3) is 0.889. The summed E-state index contributed by atoms with van der Waals surface area (Å²) in [5.41, 5.74) is -0.419. The van der Waals surface area contributed by atoms with Gasteiger partial charge >= 0.3 is 5.97 Å². The fourth-order valence-corrected chi connectivity index (χ4v) is 1.63. The average Bonchev–Trinajstić information content (AvgIpc) is 2.30. The van der Waals surface area contributed by atoms with Gasteiger partial charge in [-0.25, -0.2) is 4.42 Å². The molecule has 1 atom stereocenters. The molecule has 1 aliphatic rings. The standard InChI is InChI=1S/C9H16ClNO2/c1-9(2,3)13-8(12)7-5-4-6-11(7)10/h7H,4-6H2,1-3H3/t7-/m0/s1. The fourth-order valence-electron chi connectivity index (χ4n) is 1.33. The maximum Gasteiger partial charge on any atom is 0.325 e. The van der Waals surface area contributed by atoms with E-state index in [2.05, 4.69) is 0 Å². The Morgan fingerprint density at radius 2 is 2.15 bits per heavy atom. The summed E-state index contributed by atoms with van der Waals surface area (Å²) in [5, 5.41) is 0. The summed E-state index contributed by atoms with van der Waals surface area (Å²) in [5.74, 6) is -0.208. The van der Waals surface area contributed by atoms with Crippen LogP contribution in [0.4, 0.5) is 0 Å². The van der Waals surface area contributed by atoms with Crippen molar-refractivity contribution in [3.05, 3.63) is 0 Å². The number of esters is 1. The van der Waals surface area contributed by atoms with Gasteiger partial charge in [0.15, 0.2) is 0 Å². The smallest absolute Gasteiger partial charge is 0.325 e. The Hall–Kier alpha value is -0.280. The van der Waals surface area contributed by atoms with E-state index < -0.39 is 5.60 Å². The number of ether oxygens (including phenoxy) is 1. The molecule has 13 heavy (non-hydrogen) atoms. The van der Waals surface area contributed by atoms with Gasteiger partial charge in [0.05, 0.1) is 0 Å². The summed E-state index contributed by atoms with van der Waals surface area (Å²) in [6.45, 7) is 6.35. The molecule has 0 saturated carbocycles. The molecule has 1 aliphatic heterocycles.